The van der Waals surface area contributed by atoms with Gasteiger partial charge in [-0.15, -0.1) is 0 Å². The summed E-state index contributed by atoms with van der Waals surface area (Å²) in [7, 11) is 3.68. The van der Waals surface area contributed by atoms with Crippen LogP contribution in [0, 0.1) is 0 Å². The van der Waals surface area contributed by atoms with Crippen molar-refractivity contribution < 1.29 is 52.4 Å². The highest BCUT2D eigenvalue weighted by Crippen LogP contribution is 2.12. The van der Waals surface area contributed by atoms with Gasteiger partial charge in [-0.2, -0.15) is 0 Å². The van der Waals surface area contributed by atoms with Crippen LogP contribution >= 0.6 is 0 Å². The zero-order valence-electron chi connectivity index (χ0n) is 34.6. The lowest BCUT2D eigenvalue weighted by Gasteiger charge is -2.17. The van der Waals surface area contributed by atoms with Gasteiger partial charge in [0.1, 0.15) is 6.61 Å². The second-order valence-electron chi connectivity index (χ2n) is 14.4. The SMILES string of the molecule is CCCCCCCCC(=O)OCCCCCCCOC(=O)CCC(OC(=O)OCCN(C)C)C(=O)OCCCCCCCOC(=O)CCCCCCCC. The Hall–Kier alpha value is -2.89. The number of carbonyl (C=O) groups excluding carboxylic acids is 5. The fraction of sp³-hybridized carbons (Fsp3) is 0.881. The summed E-state index contributed by atoms with van der Waals surface area (Å²) in [5.41, 5.74) is 0. The molecule has 0 aromatic heterocycles. The predicted octanol–water partition coefficient (Wildman–Crippen LogP) is 9.43. The van der Waals surface area contributed by atoms with Crippen molar-refractivity contribution >= 4 is 30.0 Å². The summed E-state index contributed by atoms with van der Waals surface area (Å²) in [6.45, 7) is 6.25. The van der Waals surface area contributed by atoms with Gasteiger partial charge in [-0.3, -0.25) is 14.4 Å². The summed E-state index contributed by atoms with van der Waals surface area (Å²) in [6.07, 6.45) is 20.5. The second-order valence-corrected chi connectivity index (χ2v) is 14.4. The Bertz CT molecular complexity index is 943. The van der Waals surface area contributed by atoms with Crippen molar-refractivity contribution in [1.82, 2.24) is 4.90 Å². The lowest BCUT2D eigenvalue weighted by Crippen LogP contribution is -2.31. The Balaban J connectivity index is 4.19. The minimum atomic E-state index is -1.28. The van der Waals surface area contributed by atoms with Gasteiger partial charge in [0.2, 0.25) is 6.10 Å². The monoisotopic (exact) mass is 772 g/mol. The fourth-order valence-corrected chi connectivity index (χ4v) is 5.54. The summed E-state index contributed by atoms with van der Waals surface area (Å²) in [6, 6.07) is 0. The maximum Gasteiger partial charge on any atom is 0.509 e. The van der Waals surface area contributed by atoms with Crippen LogP contribution in [0.15, 0.2) is 0 Å². The first kappa shape index (κ1) is 51.1. The molecule has 0 radical (unpaired) electrons. The molecule has 0 N–H and O–H groups in total. The maximum atomic E-state index is 12.8. The lowest BCUT2D eigenvalue weighted by atomic mass is 10.1. The third kappa shape index (κ3) is 36.1. The maximum absolute atomic E-state index is 12.8. The van der Waals surface area contributed by atoms with Crippen LogP contribution in [-0.4, -0.2) is 94.7 Å². The number of likely N-dealkylation sites (N-methyl/N-ethyl adjacent to an activating group) is 1. The Kier molecular flexibility index (Phi) is 36.3. The van der Waals surface area contributed by atoms with Crippen molar-refractivity contribution in [2.75, 3.05) is 53.7 Å². The molecule has 0 aliphatic rings. The number of unbranched alkanes of at least 4 members (excludes halogenated alkanes) is 18. The van der Waals surface area contributed by atoms with Crippen LogP contribution in [0.4, 0.5) is 4.79 Å². The fourth-order valence-electron chi connectivity index (χ4n) is 5.54. The van der Waals surface area contributed by atoms with Crippen LogP contribution < -0.4 is 0 Å². The molecule has 316 valence electrons. The van der Waals surface area contributed by atoms with Gasteiger partial charge < -0.3 is 33.3 Å². The highest BCUT2D eigenvalue weighted by Gasteiger charge is 2.26. The zero-order chi connectivity index (χ0) is 39.9. The van der Waals surface area contributed by atoms with Crippen molar-refractivity contribution in [2.24, 2.45) is 0 Å². The molecule has 0 aliphatic carbocycles. The smallest absolute Gasteiger partial charge is 0.466 e. The molecule has 0 amide bonds. The van der Waals surface area contributed by atoms with Crippen LogP contribution in [0.2, 0.25) is 0 Å². The first-order valence-corrected chi connectivity index (χ1v) is 21.3. The Morgan fingerprint density at radius 2 is 0.796 bits per heavy atom. The van der Waals surface area contributed by atoms with Gasteiger partial charge in [0.25, 0.3) is 0 Å². The Morgan fingerprint density at radius 3 is 1.22 bits per heavy atom. The van der Waals surface area contributed by atoms with Gasteiger partial charge >= 0.3 is 30.0 Å². The zero-order valence-corrected chi connectivity index (χ0v) is 34.6. The average Bonchev–Trinajstić information content (AvgIpc) is 3.14. The average molecular weight is 772 g/mol. The first-order valence-electron chi connectivity index (χ1n) is 21.3. The van der Waals surface area contributed by atoms with E-state index in [1.165, 1.54) is 51.4 Å². The van der Waals surface area contributed by atoms with E-state index in [0.29, 0.717) is 45.4 Å². The molecule has 0 rings (SSSR count). The van der Waals surface area contributed by atoms with Crippen LogP contribution in [0.3, 0.4) is 0 Å². The molecule has 12 nitrogen and oxygen atoms in total. The summed E-state index contributed by atoms with van der Waals surface area (Å²) in [5, 5.41) is 0. The molecule has 0 heterocycles. The lowest BCUT2D eigenvalue weighted by molar-refractivity contribution is -0.156. The van der Waals surface area contributed by atoms with Gasteiger partial charge in [-0.25, -0.2) is 9.59 Å². The second kappa shape index (κ2) is 38.4. The molecule has 0 saturated carbocycles. The van der Waals surface area contributed by atoms with Gasteiger partial charge in [0, 0.05) is 32.2 Å². The van der Waals surface area contributed by atoms with Gasteiger partial charge in [-0.05, 0) is 52.6 Å². The molecule has 0 aromatic rings. The normalized spacial score (nSPS) is 11.6. The van der Waals surface area contributed by atoms with E-state index < -0.39 is 24.2 Å². The standard InChI is InChI=1S/C42H77NO11/c1-5-7-9-11-15-21-27-38(44)49-32-23-17-13-18-25-34-51-40(46)30-29-37(54-42(48)53-36-31-43(3)4)41(47)52-35-26-20-14-19-24-33-50-39(45)28-22-16-12-10-8-6-2/h37H,5-36H2,1-4H3. The van der Waals surface area contributed by atoms with E-state index in [1.807, 2.05) is 19.0 Å². The summed E-state index contributed by atoms with van der Waals surface area (Å²) >= 11 is 0. The molecule has 0 saturated heterocycles. The van der Waals surface area contributed by atoms with Crippen molar-refractivity contribution in [3.8, 4) is 0 Å². The van der Waals surface area contributed by atoms with E-state index in [0.717, 1.165) is 77.0 Å². The van der Waals surface area contributed by atoms with E-state index in [2.05, 4.69) is 13.8 Å². The van der Waals surface area contributed by atoms with Crippen LogP contribution in [0.1, 0.15) is 181 Å². The molecule has 12 heteroatoms. The molecule has 1 unspecified atom stereocenters. The summed E-state index contributed by atoms with van der Waals surface area (Å²) < 4.78 is 31.7. The van der Waals surface area contributed by atoms with Gasteiger partial charge in [0.15, 0.2) is 0 Å². The largest absolute Gasteiger partial charge is 0.509 e. The molecule has 0 aromatic carbocycles. The highest BCUT2D eigenvalue weighted by atomic mass is 16.7. The topological polar surface area (TPSA) is 144 Å². The first-order chi connectivity index (χ1) is 26.2. The molecule has 0 spiro atoms. The number of ether oxygens (including phenoxy) is 6. The predicted molar refractivity (Wildman–Crippen MR) is 210 cm³/mol. The number of hydrogen-bond donors (Lipinski definition) is 0. The molecule has 54 heavy (non-hydrogen) atoms. The molecule has 0 aliphatic heterocycles. The number of carbonyl (C=O) groups is 5. The van der Waals surface area contributed by atoms with Crippen molar-refractivity contribution in [2.45, 2.75) is 187 Å². The van der Waals surface area contributed by atoms with E-state index >= 15 is 0 Å². The van der Waals surface area contributed by atoms with Crippen LogP contribution in [-0.2, 0) is 47.6 Å². The summed E-state index contributed by atoms with van der Waals surface area (Å²) in [4.78, 5) is 63.0. The van der Waals surface area contributed by atoms with Crippen LogP contribution in [0.25, 0.3) is 0 Å². The third-order valence-electron chi connectivity index (χ3n) is 8.95. The van der Waals surface area contributed by atoms with Gasteiger partial charge in [-0.1, -0.05) is 117 Å². The van der Waals surface area contributed by atoms with Crippen molar-refractivity contribution in [3.05, 3.63) is 0 Å². The molecular formula is C42H77NO11. The third-order valence-corrected chi connectivity index (χ3v) is 8.95. The number of hydrogen-bond acceptors (Lipinski definition) is 12. The van der Waals surface area contributed by atoms with E-state index in [4.69, 9.17) is 28.4 Å². The van der Waals surface area contributed by atoms with E-state index in [1.54, 1.807) is 0 Å². The number of esters is 4. The van der Waals surface area contributed by atoms with Crippen LogP contribution in [0.5, 0.6) is 0 Å². The van der Waals surface area contributed by atoms with Gasteiger partial charge in [0.05, 0.1) is 26.4 Å². The number of rotatable bonds is 38. The number of nitrogens with zero attached hydrogens (tertiary/aromatic N) is 1. The quantitative estimate of drug-likeness (QED) is 0.0335. The molecule has 0 bridgehead atoms. The minimum Gasteiger partial charge on any atom is -0.466 e. The molecule has 1 atom stereocenters. The Labute approximate surface area is 327 Å². The summed E-state index contributed by atoms with van der Waals surface area (Å²) in [5.74, 6) is -1.45. The molecular weight excluding hydrogens is 694 g/mol. The Morgan fingerprint density at radius 1 is 0.426 bits per heavy atom. The highest BCUT2D eigenvalue weighted by molar-refractivity contribution is 5.78. The van der Waals surface area contributed by atoms with Crippen molar-refractivity contribution in [1.29, 1.82) is 0 Å². The van der Waals surface area contributed by atoms with E-state index in [9.17, 15) is 24.0 Å². The molecule has 0 fully saturated rings. The van der Waals surface area contributed by atoms with E-state index in [-0.39, 0.29) is 44.6 Å². The van der Waals surface area contributed by atoms with Crippen molar-refractivity contribution in [3.63, 3.8) is 0 Å². The minimum absolute atomic E-state index is 0.0738.